The SMILES string of the molecule is Cc1ccc(N(C)CC2CCCCC2)c(/C=C/C(=O)O)c1. The summed E-state index contributed by atoms with van der Waals surface area (Å²) in [6.45, 7) is 3.08. The summed E-state index contributed by atoms with van der Waals surface area (Å²) >= 11 is 0. The van der Waals surface area contributed by atoms with E-state index in [0.717, 1.165) is 29.3 Å². The molecule has 0 saturated heterocycles. The Bertz CT molecular complexity index is 516. The minimum Gasteiger partial charge on any atom is -0.478 e. The molecule has 2 rings (SSSR count). The average Bonchev–Trinajstić information content (AvgIpc) is 2.46. The molecule has 3 heteroatoms. The summed E-state index contributed by atoms with van der Waals surface area (Å²) in [7, 11) is 2.11. The first-order valence-corrected chi connectivity index (χ1v) is 7.79. The third-order valence-electron chi connectivity index (χ3n) is 4.26. The molecule has 0 heterocycles. The summed E-state index contributed by atoms with van der Waals surface area (Å²) in [5, 5.41) is 8.83. The zero-order chi connectivity index (χ0) is 15.2. The molecule has 1 aromatic rings. The van der Waals surface area contributed by atoms with Gasteiger partial charge in [0.25, 0.3) is 0 Å². The number of nitrogens with zero attached hydrogens (tertiary/aromatic N) is 1. The molecule has 1 aliphatic rings. The van der Waals surface area contributed by atoms with Crippen LogP contribution in [0.3, 0.4) is 0 Å². The van der Waals surface area contributed by atoms with Crippen LogP contribution >= 0.6 is 0 Å². The summed E-state index contributed by atoms with van der Waals surface area (Å²) in [6.07, 6.45) is 9.61. The van der Waals surface area contributed by atoms with E-state index in [1.54, 1.807) is 6.08 Å². The maximum absolute atomic E-state index is 10.8. The molecule has 1 aliphatic carbocycles. The van der Waals surface area contributed by atoms with Gasteiger partial charge in [0.1, 0.15) is 0 Å². The van der Waals surface area contributed by atoms with Crippen LogP contribution in [0.4, 0.5) is 5.69 Å². The maximum atomic E-state index is 10.8. The van der Waals surface area contributed by atoms with Crippen LogP contribution in [0.5, 0.6) is 0 Å². The summed E-state index contributed by atoms with van der Waals surface area (Å²) in [6, 6.07) is 6.23. The highest BCUT2D eigenvalue weighted by atomic mass is 16.4. The van der Waals surface area contributed by atoms with E-state index in [1.165, 1.54) is 38.2 Å². The first-order valence-electron chi connectivity index (χ1n) is 7.79. The highest BCUT2D eigenvalue weighted by Gasteiger charge is 2.16. The van der Waals surface area contributed by atoms with Gasteiger partial charge >= 0.3 is 5.97 Å². The second-order valence-electron chi connectivity index (χ2n) is 6.12. The molecule has 0 amide bonds. The summed E-state index contributed by atoms with van der Waals surface area (Å²) in [5.74, 6) is -0.140. The van der Waals surface area contributed by atoms with E-state index in [-0.39, 0.29) is 0 Å². The van der Waals surface area contributed by atoms with Gasteiger partial charge in [-0.1, -0.05) is 30.9 Å². The molecular weight excluding hydrogens is 262 g/mol. The molecule has 1 N–H and O–H groups in total. The van der Waals surface area contributed by atoms with Gasteiger partial charge in [-0.2, -0.15) is 0 Å². The van der Waals surface area contributed by atoms with E-state index in [1.807, 2.05) is 13.0 Å². The Morgan fingerprint density at radius 2 is 2.05 bits per heavy atom. The van der Waals surface area contributed by atoms with Crippen molar-refractivity contribution < 1.29 is 9.90 Å². The Morgan fingerprint density at radius 3 is 2.71 bits per heavy atom. The Labute approximate surface area is 127 Å². The Kier molecular flexibility index (Phi) is 5.43. The van der Waals surface area contributed by atoms with Crippen LogP contribution in [-0.2, 0) is 4.79 Å². The van der Waals surface area contributed by atoms with Gasteiger partial charge in [0.15, 0.2) is 0 Å². The predicted molar refractivity (Wildman–Crippen MR) is 87.7 cm³/mol. The molecule has 1 saturated carbocycles. The van der Waals surface area contributed by atoms with Crippen molar-refractivity contribution in [3.05, 3.63) is 35.4 Å². The third-order valence-corrected chi connectivity index (χ3v) is 4.26. The smallest absolute Gasteiger partial charge is 0.328 e. The van der Waals surface area contributed by atoms with Crippen molar-refractivity contribution in [2.75, 3.05) is 18.5 Å². The number of hydrogen-bond acceptors (Lipinski definition) is 2. The highest BCUT2D eigenvalue weighted by molar-refractivity contribution is 5.87. The van der Waals surface area contributed by atoms with Gasteiger partial charge in [0, 0.05) is 25.4 Å². The Hall–Kier alpha value is -1.77. The first-order chi connectivity index (χ1) is 10.1. The fraction of sp³-hybridized carbons (Fsp3) is 0.500. The normalized spacial score (nSPS) is 16.3. The molecule has 0 radical (unpaired) electrons. The molecule has 1 fully saturated rings. The van der Waals surface area contributed by atoms with Crippen molar-refractivity contribution in [1.82, 2.24) is 0 Å². The number of hydrogen-bond donors (Lipinski definition) is 1. The molecule has 0 aliphatic heterocycles. The third kappa shape index (κ3) is 4.62. The lowest BCUT2D eigenvalue weighted by atomic mass is 9.89. The van der Waals surface area contributed by atoms with Crippen LogP contribution in [0.1, 0.15) is 43.2 Å². The van der Waals surface area contributed by atoms with Crippen molar-refractivity contribution >= 4 is 17.7 Å². The molecule has 114 valence electrons. The Morgan fingerprint density at radius 1 is 1.33 bits per heavy atom. The molecule has 21 heavy (non-hydrogen) atoms. The zero-order valence-corrected chi connectivity index (χ0v) is 13.0. The quantitative estimate of drug-likeness (QED) is 0.829. The molecule has 0 spiro atoms. The molecule has 0 bridgehead atoms. The van der Waals surface area contributed by atoms with E-state index >= 15 is 0 Å². The molecular formula is C18H25NO2. The highest BCUT2D eigenvalue weighted by Crippen LogP contribution is 2.28. The number of carboxylic acids is 1. The fourth-order valence-corrected chi connectivity index (χ4v) is 3.17. The van der Waals surface area contributed by atoms with E-state index < -0.39 is 5.97 Å². The number of aliphatic carboxylic acids is 1. The van der Waals surface area contributed by atoms with Gasteiger partial charge in [0.05, 0.1) is 0 Å². The van der Waals surface area contributed by atoms with Gasteiger partial charge in [-0.25, -0.2) is 4.79 Å². The largest absolute Gasteiger partial charge is 0.478 e. The standard InChI is InChI=1S/C18H25NO2/c1-14-8-10-17(16(12-14)9-11-18(20)21)19(2)13-15-6-4-3-5-7-15/h8-12,15H,3-7,13H2,1-2H3,(H,20,21)/b11-9+. The van der Waals surface area contributed by atoms with Crippen LogP contribution in [0, 0.1) is 12.8 Å². The molecule has 3 nitrogen and oxygen atoms in total. The lowest BCUT2D eigenvalue weighted by Gasteiger charge is -2.29. The second-order valence-corrected chi connectivity index (χ2v) is 6.12. The second kappa shape index (κ2) is 7.30. The van der Waals surface area contributed by atoms with Crippen molar-refractivity contribution in [1.29, 1.82) is 0 Å². The average molecular weight is 287 g/mol. The molecule has 0 unspecified atom stereocenters. The van der Waals surface area contributed by atoms with Crippen LogP contribution < -0.4 is 4.90 Å². The summed E-state index contributed by atoms with van der Waals surface area (Å²) in [4.78, 5) is 13.0. The predicted octanol–water partition coefficient (Wildman–Crippen LogP) is 4.11. The van der Waals surface area contributed by atoms with Crippen LogP contribution in [0.2, 0.25) is 0 Å². The van der Waals surface area contributed by atoms with E-state index in [0.29, 0.717) is 0 Å². The minimum absolute atomic E-state index is 0.765. The van der Waals surface area contributed by atoms with Crippen molar-refractivity contribution in [3.8, 4) is 0 Å². The van der Waals surface area contributed by atoms with Crippen molar-refractivity contribution in [3.63, 3.8) is 0 Å². The van der Waals surface area contributed by atoms with Crippen LogP contribution in [-0.4, -0.2) is 24.7 Å². The lowest BCUT2D eigenvalue weighted by Crippen LogP contribution is -2.27. The summed E-state index contributed by atoms with van der Waals surface area (Å²) < 4.78 is 0. The zero-order valence-electron chi connectivity index (χ0n) is 13.0. The van der Waals surface area contributed by atoms with E-state index in [9.17, 15) is 4.79 Å². The number of carbonyl (C=O) groups is 1. The summed E-state index contributed by atoms with van der Waals surface area (Å²) in [5.41, 5.74) is 3.24. The van der Waals surface area contributed by atoms with Gasteiger partial charge in [-0.15, -0.1) is 0 Å². The number of benzene rings is 1. The fourth-order valence-electron chi connectivity index (χ4n) is 3.17. The first kappa shape index (κ1) is 15.6. The number of aryl methyl sites for hydroxylation is 1. The van der Waals surface area contributed by atoms with Gasteiger partial charge in [0.2, 0.25) is 0 Å². The number of anilines is 1. The monoisotopic (exact) mass is 287 g/mol. The van der Waals surface area contributed by atoms with Crippen LogP contribution in [0.15, 0.2) is 24.3 Å². The molecule has 1 aromatic carbocycles. The topological polar surface area (TPSA) is 40.5 Å². The molecule has 0 aromatic heterocycles. The van der Waals surface area contributed by atoms with Gasteiger partial charge < -0.3 is 10.0 Å². The number of carboxylic acid groups (broad SMARTS) is 1. The van der Waals surface area contributed by atoms with E-state index in [4.69, 9.17) is 5.11 Å². The number of rotatable bonds is 5. The minimum atomic E-state index is -0.905. The van der Waals surface area contributed by atoms with Crippen LogP contribution in [0.25, 0.3) is 6.08 Å². The van der Waals surface area contributed by atoms with Gasteiger partial charge in [-0.05, 0) is 49.5 Å². The van der Waals surface area contributed by atoms with Crippen molar-refractivity contribution in [2.45, 2.75) is 39.0 Å². The maximum Gasteiger partial charge on any atom is 0.328 e. The van der Waals surface area contributed by atoms with Gasteiger partial charge in [-0.3, -0.25) is 0 Å². The van der Waals surface area contributed by atoms with Crippen molar-refractivity contribution in [2.24, 2.45) is 5.92 Å². The molecule has 0 atom stereocenters. The lowest BCUT2D eigenvalue weighted by molar-refractivity contribution is -0.131. The Balaban J connectivity index is 2.14. The van der Waals surface area contributed by atoms with E-state index in [2.05, 4.69) is 24.1 Å².